The van der Waals surface area contributed by atoms with Gasteiger partial charge in [-0.1, -0.05) is 0 Å². The Kier molecular flexibility index (Phi) is 5.05. The molecule has 0 aliphatic heterocycles. The van der Waals surface area contributed by atoms with E-state index in [9.17, 15) is 4.79 Å². The van der Waals surface area contributed by atoms with Gasteiger partial charge in [0.05, 0.1) is 6.20 Å². The molecule has 0 bridgehead atoms. The Labute approximate surface area is 124 Å². The summed E-state index contributed by atoms with van der Waals surface area (Å²) < 4.78 is 1.69. The number of hydrogen-bond acceptors (Lipinski definition) is 4. The quantitative estimate of drug-likeness (QED) is 0.825. The Hall–Kier alpha value is -2.21. The third-order valence-electron chi connectivity index (χ3n) is 3.29. The molecule has 0 radical (unpaired) electrons. The van der Waals surface area contributed by atoms with Gasteiger partial charge in [-0.15, -0.1) is 0 Å². The number of rotatable bonds is 6. The number of aromatic nitrogens is 3. The van der Waals surface area contributed by atoms with Crippen LogP contribution in [-0.4, -0.2) is 33.8 Å². The van der Waals surface area contributed by atoms with Crippen LogP contribution in [0.3, 0.4) is 0 Å². The molecule has 1 amide bonds. The van der Waals surface area contributed by atoms with Crippen molar-refractivity contribution in [2.45, 2.75) is 25.4 Å². The summed E-state index contributed by atoms with van der Waals surface area (Å²) in [6.07, 6.45) is 7.84. The lowest BCUT2D eigenvalue weighted by Crippen LogP contribution is -2.41. The van der Waals surface area contributed by atoms with Crippen molar-refractivity contribution in [3.63, 3.8) is 0 Å². The fourth-order valence-corrected chi connectivity index (χ4v) is 2.29. The maximum absolute atomic E-state index is 12.4. The highest BCUT2D eigenvalue weighted by molar-refractivity contribution is 5.83. The minimum absolute atomic E-state index is 0.0485. The summed E-state index contributed by atoms with van der Waals surface area (Å²) >= 11 is 0. The average Bonchev–Trinajstić information content (AvgIpc) is 2.87. The molecule has 0 fully saturated rings. The zero-order valence-electron chi connectivity index (χ0n) is 12.6. The van der Waals surface area contributed by atoms with Crippen LogP contribution >= 0.6 is 0 Å². The molecule has 2 aromatic heterocycles. The molecule has 112 valence electrons. The molecule has 21 heavy (non-hydrogen) atoms. The lowest BCUT2D eigenvalue weighted by Gasteiger charge is -2.19. The molecule has 6 nitrogen and oxygen atoms in total. The van der Waals surface area contributed by atoms with E-state index in [0.29, 0.717) is 0 Å². The van der Waals surface area contributed by atoms with Gasteiger partial charge in [-0.3, -0.25) is 14.5 Å². The normalized spacial score (nSPS) is 13.7. The Balaban J connectivity index is 1.96. The number of nitrogens with one attached hydrogen (secondary N) is 2. The van der Waals surface area contributed by atoms with Crippen LogP contribution in [0.2, 0.25) is 0 Å². The molecule has 6 heteroatoms. The lowest BCUT2D eigenvalue weighted by molar-refractivity contribution is -0.123. The smallest absolute Gasteiger partial charge is 0.242 e. The minimum atomic E-state index is -0.390. The van der Waals surface area contributed by atoms with Crippen molar-refractivity contribution >= 4 is 5.91 Å². The van der Waals surface area contributed by atoms with E-state index in [4.69, 9.17) is 0 Å². The Morgan fingerprint density at radius 2 is 2.10 bits per heavy atom. The van der Waals surface area contributed by atoms with E-state index in [2.05, 4.69) is 20.7 Å². The summed E-state index contributed by atoms with van der Waals surface area (Å²) in [6, 6.07) is 3.57. The number of aryl methyl sites for hydroxylation is 1. The molecule has 2 rings (SSSR count). The van der Waals surface area contributed by atoms with Gasteiger partial charge >= 0.3 is 0 Å². The number of nitrogens with zero attached hydrogens (tertiary/aromatic N) is 3. The highest BCUT2D eigenvalue weighted by Crippen LogP contribution is 2.12. The molecule has 0 aliphatic carbocycles. The molecule has 0 saturated carbocycles. The molecule has 2 aromatic rings. The summed E-state index contributed by atoms with van der Waals surface area (Å²) in [5.74, 6) is -0.0490. The summed E-state index contributed by atoms with van der Waals surface area (Å²) in [5.41, 5.74) is 2.01. The van der Waals surface area contributed by atoms with Crippen molar-refractivity contribution in [2.24, 2.45) is 7.05 Å². The van der Waals surface area contributed by atoms with Gasteiger partial charge in [0.2, 0.25) is 5.91 Å². The predicted molar refractivity (Wildman–Crippen MR) is 80.6 cm³/mol. The van der Waals surface area contributed by atoms with E-state index in [1.807, 2.05) is 32.3 Å². The molecule has 2 unspecified atom stereocenters. The molecule has 0 spiro atoms. The molecule has 0 saturated heterocycles. The average molecular weight is 287 g/mol. The SMILES string of the molecule is CNC(C(=O)NC(C)Cc1ccncc1)c1cnn(C)c1. The highest BCUT2D eigenvalue weighted by atomic mass is 16.2. The number of carbonyl (C=O) groups is 1. The maximum atomic E-state index is 12.4. The Bertz CT molecular complexity index is 581. The first-order valence-electron chi connectivity index (χ1n) is 6.95. The van der Waals surface area contributed by atoms with Crippen molar-refractivity contribution in [3.8, 4) is 0 Å². The minimum Gasteiger partial charge on any atom is -0.352 e. The van der Waals surface area contributed by atoms with Crippen LogP contribution in [0, 0.1) is 0 Å². The number of amides is 1. The van der Waals surface area contributed by atoms with Gasteiger partial charge in [-0.25, -0.2) is 0 Å². The van der Waals surface area contributed by atoms with Gasteiger partial charge in [0, 0.05) is 37.2 Å². The number of pyridine rings is 1. The van der Waals surface area contributed by atoms with Crippen LogP contribution in [-0.2, 0) is 18.3 Å². The van der Waals surface area contributed by atoms with Crippen LogP contribution in [0.1, 0.15) is 24.1 Å². The van der Waals surface area contributed by atoms with Crippen LogP contribution in [0.25, 0.3) is 0 Å². The van der Waals surface area contributed by atoms with Crippen molar-refractivity contribution in [2.75, 3.05) is 7.05 Å². The lowest BCUT2D eigenvalue weighted by atomic mass is 10.1. The molecule has 2 heterocycles. The van der Waals surface area contributed by atoms with Gasteiger partial charge < -0.3 is 10.6 Å². The van der Waals surface area contributed by atoms with Crippen LogP contribution < -0.4 is 10.6 Å². The highest BCUT2D eigenvalue weighted by Gasteiger charge is 2.21. The fraction of sp³-hybridized carbons (Fsp3) is 0.400. The standard InChI is InChI=1S/C15H21N5O/c1-11(8-12-4-6-17-7-5-12)19-15(21)14(16-2)13-9-18-20(3)10-13/h4-7,9-11,14,16H,8H2,1-3H3,(H,19,21). The van der Waals surface area contributed by atoms with E-state index in [-0.39, 0.29) is 11.9 Å². The predicted octanol–water partition coefficient (Wildman–Crippen LogP) is 0.823. The van der Waals surface area contributed by atoms with Crippen LogP contribution in [0.4, 0.5) is 0 Å². The molecule has 0 aromatic carbocycles. The van der Waals surface area contributed by atoms with E-state index in [1.54, 1.807) is 30.3 Å². The van der Waals surface area contributed by atoms with E-state index >= 15 is 0 Å². The van der Waals surface area contributed by atoms with Gasteiger partial charge in [-0.05, 0) is 38.1 Å². The number of likely N-dealkylation sites (N-methyl/N-ethyl adjacent to an activating group) is 1. The van der Waals surface area contributed by atoms with Gasteiger partial charge in [-0.2, -0.15) is 5.10 Å². The summed E-state index contributed by atoms with van der Waals surface area (Å²) in [4.78, 5) is 16.4. The van der Waals surface area contributed by atoms with Crippen molar-refractivity contribution in [1.82, 2.24) is 25.4 Å². The largest absolute Gasteiger partial charge is 0.352 e. The van der Waals surface area contributed by atoms with Gasteiger partial charge in [0.15, 0.2) is 0 Å². The maximum Gasteiger partial charge on any atom is 0.242 e. The molecule has 0 aliphatic rings. The summed E-state index contributed by atoms with van der Waals surface area (Å²) in [5, 5.41) is 10.2. The third kappa shape index (κ3) is 4.13. The monoisotopic (exact) mass is 287 g/mol. The van der Waals surface area contributed by atoms with E-state index < -0.39 is 6.04 Å². The summed E-state index contributed by atoms with van der Waals surface area (Å²) in [6.45, 7) is 1.99. The first-order chi connectivity index (χ1) is 10.1. The van der Waals surface area contributed by atoms with Crippen molar-refractivity contribution < 1.29 is 4.79 Å². The summed E-state index contributed by atoms with van der Waals surface area (Å²) in [7, 11) is 3.60. The second kappa shape index (κ2) is 6.99. The molecule has 2 N–H and O–H groups in total. The topological polar surface area (TPSA) is 71.8 Å². The Morgan fingerprint density at radius 1 is 1.38 bits per heavy atom. The van der Waals surface area contributed by atoms with Gasteiger partial charge in [0.25, 0.3) is 0 Å². The third-order valence-corrected chi connectivity index (χ3v) is 3.29. The number of hydrogen-bond donors (Lipinski definition) is 2. The van der Waals surface area contributed by atoms with Crippen molar-refractivity contribution in [3.05, 3.63) is 48.0 Å². The van der Waals surface area contributed by atoms with Gasteiger partial charge in [0.1, 0.15) is 6.04 Å². The first-order valence-corrected chi connectivity index (χ1v) is 6.95. The van der Waals surface area contributed by atoms with Crippen LogP contribution in [0.15, 0.2) is 36.9 Å². The fourth-order valence-electron chi connectivity index (χ4n) is 2.29. The zero-order valence-corrected chi connectivity index (χ0v) is 12.6. The van der Waals surface area contributed by atoms with E-state index in [1.165, 1.54) is 0 Å². The van der Waals surface area contributed by atoms with Crippen molar-refractivity contribution in [1.29, 1.82) is 0 Å². The first kappa shape index (κ1) is 15.2. The zero-order chi connectivity index (χ0) is 15.2. The van der Waals surface area contributed by atoms with Crippen LogP contribution in [0.5, 0.6) is 0 Å². The molecular weight excluding hydrogens is 266 g/mol. The second-order valence-corrected chi connectivity index (χ2v) is 5.14. The second-order valence-electron chi connectivity index (χ2n) is 5.14. The molecule has 2 atom stereocenters. The molecular formula is C15H21N5O. The Morgan fingerprint density at radius 3 is 2.67 bits per heavy atom. The number of carbonyl (C=O) groups excluding carboxylic acids is 1. The van der Waals surface area contributed by atoms with E-state index in [0.717, 1.165) is 17.5 Å².